The topological polar surface area (TPSA) is 55.1 Å². The molecule has 3 heterocycles. The maximum Gasteiger partial charge on any atom is 0.0949 e. The summed E-state index contributed by atoms with van der Waals surface area (Å²) in [5.74, 6) is 0. The molecule has 1 N–H and O–H groups in total. The van der Waals surface area contributed by atoms with Gasteiger partial charge >= 0.3 is 0 Å². The molecule has 0 saturated carbocycles. The highest BCUT2D eigenvalue weighted by Crippen LogP contribution is 2.44. The van der Waals surface area contributed by atoms with E-state index in [1.54, 1.807) is 6.20 Å². The van der Waals surface area contributed by atoms with Crippen LogP contribution in [0.25, 0.3) is 0 Å². The van der Waals surface area contributed by atoms with Crippen molar-refractivity contribution in [2.75, 3.05) is 0 Å². The predicted molar refractivity (Wildman–Crippen MR) is 79.9 cm³/mol. The number of rotatable bonds is 1. The Kier molecular flexibility index (Phi) is 3.33. The molecular weight excluding hydrogens is 272 g/mol. The van der Waals surface area contributed by atoms with Gasteiger partial charge in [-0.2, -0.15) is 5.10 Å². The van der Waals surface area contributed by atoms with Gasteiger partial charge in [-0.1, -0.05) is 6.42 Å². The van der Waals surface area contributed by atoms with Crippen molar-refractivity contribution in [2.45, 2.75) is 74.5 Å². The van der Waals surface area contributed by atoms with Gasteiger partial charge in [0.05, 0.1) is 17.3 Å². The van der Waals surface area contributed by atoms with E-state index in [1.165, 1.54) is 0 Å². The van der Waals surface area contributed by atoms with Crippen LogP contribution in [-0.2, 0) is 21.9 Å². The quantitative estimate of drug-likeness (QED) is 0.865. The van der Waals surface area contributed by atoms with Crippen molar-refractivity contribution in [1.29, 1.82) is 0 Å². The summed E-state index contributed by atoms with van der Waals surface area (Å²) in [7, 11) is -0.754. The molecule has 2 unspecified atom stereocenters. The molecule has 4 nitrogen and oxygen atoms in total. The van der Waals surface area contributed by atoms with Crippen molar-refractivity contribution in [3.63, 3.8) is 0 Å². The van der Waals surface area contributed by atoms with Crippen molar-refractivity contribution >= 4 is 10.8 Å². The highest BCUT2D eigenvalue weighted by Gasteiger charge is 2.47. The molecule has 2 aliphatic rings. The van der Waals surface area contributed by atoms with E-state index in [1.807, 2.05) is 10.9 Å². The van der Waals surface area contributed by atoms with E-state index in [0.717, 1.165) is 24.8 Å². The van der Waals surface area contributed by atoms with Gasteiger partial charge in [0.1, 0.15) is 0 Å². The third-order valence-corrected chi connectivity index (χ3v) is 6.77. The summed E-state index contributed by atoms with van der Waals surface area (Å²) in [5.41, 5.74) is -0.0317. The Hall–Kier alpha value is -0.680. The van der Waals surface area contributed by atoms with Crippen LogP contribution in [0.5, 0.6) is 0 Å². The predicted octanol–water partition coefficient (Wildman–Crippen LogP) is 2.29. The van der Waals surface area contributed by atoms with Gasteiger partial charge in [0.25, 0.3) is 0 Å². The van der Waals surface area contributed by atoms with Crippen molar-refractivity contribution in [3.05, 3.63) is 18.0 Å². The third-order valence-electron chi connectivity index (χ3n) is 4.65. The van der Waals surface area contributed by atoms with Crippen molar-refractivity contribution in [2.24, 2.45) is 0 Å². The van der Waals surface area contributed by atoms with Gasteiger partial charge in [0.15, 0.2) is 0 Å². The first-order valence-electron chi connectivity index (χ1n) is 7.47. The van der Waals surface area contributed by atoms with Crippen molar-refractivity contribution < 1.29 is 9.32 Å². The molecule has 5 heteroatoms. The van der Waals surface area contributed by atoms with Crippen LogP contribution in [0, 0.1) is 0 Å². The molecule has 1 aromatic heterocycles. The molecular formula is C15H24N2O2S. The molecule has 20 heavy (non-hydrogen) atoms. The molecule has 0 aromatic carbocycles. The Morgan fingerprint density at radius 3 is 2.45 bits per heavy atom. The van der Waals surface area contributed by atoms with E-state index >= 15 is 0 Å². The van der Waals surface area contributed by atoms with Crippen molar-refractivity contribution in [3.8, 4) is 0 Å². The number of nitrogens with zero attached hydrogens (tertiary/aromatic N) is 2. The fourth-order valence-corrected chi connectivity index (χ4v) is 5.67. The lowest BCUT2D eigenvalue weighted by Crippen LogP contribution is -2.47. The fraction of sp³-hybridized carbons (Fsp3) is 0.800. The van der Waals surface area contributed by atoms with Crippen LogP contribution in [0.3, 0.4) is 0 Å². The first kappa shape index (κ1) is 14.3. The molecule has 2 fully saturated rings. The molecule has 0 aliphatic carbocycles. The summed E-state index contributed by atoms with van der Waals surface area (Å²) in [4.78, 5) is 0. The molecule has 3 rings (SSSR count). The normalized spacial score (nSPS) is 37.9. The van der Waals surface area contributed by atoms with Crippen LogP contribution in [0.15, 0.2) is 12.4 Å². The van der Waals surface area contributed by atoms with Crippen LogP contribution in [0.1, 0.15) is 58.4 Å². The second-order valence-corrected chi connectivity index (χ2v) is 9.28. The van der Waals surface area contributed by atoms with E-state index in [0.29, 0.717) is 12.8 Å². The summed E-state index contributed by atoms with van der Waals surface area (Å²) in [6, 6.07) is 0. The van der Waals surface area contributed by atoms with E-state index in [2.05, 4.69) is 25.9 Å². The second kappa shape index (κ2) is 4.67. The lowest BCUT2D eigenvalue weighted by Gasteiger charge is -2.43. The standard InChI is InChI=1S/C15H24N2O2S/c1-14(2,3)17-10-11(9-16-17)15(18)7-12-5-4-6-13(8-15)20(12)19/h9-10,12-13,18H,4-8H2,1-3H3. The molecule has 2 atom stereocenters. The molecule has 0 amide bonds. The minimum absolute atomic E-state index is 0.0814. The fourth-order valence-electron chi connectivity index (χ4n) is 3.45. The summed E-state index contributed by atoms with van der Waals surface area (Å²) in [6.45, 7) is 6.29. The van der Waals surface area contributed by atoms with Crippen molar-refractivity contribution in [1.82, 2.24) is 9.78 Å². The Balaban J connectivity index is 1.89. The molecule has 1 aromatic rings. The largest absolute Gasteiger partial charge is 0.385 e. The number of fused-ring (bicyclic) bond motifs is 2. The van der Waals surface area contributed by atoms with Gasteiger partial charge in [0.2, 0.25) is 0 Å². The summed E-state index contributed by atoms with van der Waals surface area (Å²) in [6.07, 6.45) is 8.10. The zero-order valence-electron chi connectivity index (χ0n) is 12.5. The monoisotopic (exact) mass is 296 g/mol. The van der Waals surface area contributed by atoms with E-state index < -0.39 is 16.4 Å². The smallest absolute Gasteiger partial charge is 0.0949 e. The van der Waals surface area contributed by atoms with Crippen LogP contribution in [0.2, 0.25) is 0 Å². The van der Waals surface area contributed by atoms with Crippen LogP contribution < -0.4 is 0 Å². The number of aromatic nitrogens is 2. The first-order valence-corrected chi connectivity index (χ1v) is 8.75. The van der Waals surface area contributed by atoms with Crippen LogP contribution in [0.4, 0.5) is 0 Å². The maximum absolute atomic E-state index is 12.3. The van der Waals surface area contributed by atoms with Gasteiger partial charge < -0.3 is 5.11 Å². The zero-order valence-corrected chi connectivity index (χ0v) is 13.3. The van der Waals surface area contributed by atoms with E-state index in [-0.39, 0.29) is 16.0 Å². The average Bonchev–Trinajstić information content (AvgIpc) is 2.81. The molecule has 0 spiro atoms. The van der Waals surface area contributed by atoms with Gasteiger partial charge in [0, 0.05) is 33.1 Å². The minimum Gasteiger partial charge on any atom is -0.385 e. The Morgan fingerprint density at radius 2 is 1.95 bits per heavy atom. The number of hydrogen-bond donors (Lipinski definition) is 1. The van der Waals surface area contributed by atoms with Gasteiger partial charge in [-0.05, 0) is 46.5 Å². The second-order valence-electron chi connectivity index (χ2n) is 7.29. The maximum atomic E-state index is 12.3. The van der Waals surface area contributed by atoms with Gasteiger partial charge in [-0.3, -0.25) is 8.89 Å². The third kappa shape index (κ3) is 2.35. The Morgan fingerprint density at radius 1 is 1.35 bits per heavy atom. The first-order chi connectivity index (χ1) is 9.29. The van der Waals surface area contributed by atoms with Crippen LogP contribution in [-0.4, -0.2) is 29.6 Å². The Bertz CT molecular complexity index is 516. The molecule has 2 saturated heterocycles. The molecule has 2 aliphatic heterocycles. The van der Waals surface area contributed by atoms with Crippen LogP contribution >= 0.6 is 0 Å². The highest BCUT2D eigenvalue weighted by molar-refractivity contribution is 7.86. The molecule has 0 radical (unpaired) electrons. The van der Waals surface area contributed by atoms with Gasteiger partial charge in [-0.15, -0.1) is 0 Å². The van der Waals surface area contributed by atoms with E-state index in [4.69, 9.17) is 0 Å². The lowest BCUT2D eigenvalue weighted by molar-refractivity contribution is 0.00638. The SMILES string of the molecule is CC(C)(C)n1cc(C2(O)CC3CCCC(C2)S3=O)cn1. The average molecular weight is 296 g/mol. The molecule has 112 valence electrons. The Labute approximate surface area is 123 Å². The molecule has 2 bridgehead atoms. The van der Waals surface area contributed by atoms with E-state index in [9.17, 15) is 9.32 Å². The minimum atomic E-state index is -0.840. The summed E-state index contributed by atoms with van der Waals surface area (Å²) >= 11 is 0. The summed E-state index contributed by atoms with van der Waals surface area (Å²) in [5, 5.41) is 15.8. The number of hydrogen-bond acceptors (Lipinski definition) is 3. The zero-order chi connectivity index (χ0) is 14.5. The highest BCUT2D eigenvalue weighted by atomic mass is 32.2. The lowest BCUT2D eigenvalue weighted by atomic mass is 9.82. The van der Waals surface area contributed by atoms with Gasteiger partial charge in [-0.25, -0.2) is 0 Å². The number of aliphatic hydroxyl groups is 1. The summed E-state index contributed by atoms with van der Waals surface area (Å²) < 4.78 is 14.2.